The van der Waals surface area contributed by atoms with Crippen molar-refractivity contribution in [3.63, 3.8) is 0 Å². The monoisotopic (exact) mass is 294 g/mol. The first kappa shape index (κ1) is 14.7. The molecule has 112 valence electrons. The summed E-state index contributed by atoms with van der Waals surface area (Å²) < 4.78 is 5.78. The van der Waals surface area contributed by atoms with Crippen LogP contribution >= 0.6 is 0 Å². The molecule has 2 aromatic rings. The number of aromatic carboxylic acids is 1. The highest BCUT2D eigenvalue weighted by molar-refractivity contribution is 6.00. The molecule has 1 amide bonds. The summed E-state index contributed by atoms with van der Waals surface area (Å²) in [5.41, 5.74) is -1.01. The van der Waals surface area contributed by atoms with Crippen molar-refractivity contribution >= 4 is 22.8 Å². The van der Waals surface area contributed by atoms with E-state index in [2.05, 4.69) is 15.6 Å². The van der Waals surface area contributed by atoms with Crippen molar-refractivity contribution in [3.05, 3.63) is 21.8 Å². The minimum atomic E-state index is -1.29. The van der Waals surface area contributed by atoms with Crippen molar-refractivity contribution in [1.29, 1.82) is 0 Å². The highest BCUT2D eigenvalue weighted by Gasteiger charge is 2.21. The van der Waals surface area contributed by atoms with E-state index in [1.807, 2.05) is 0 Å². The van der Waals surface area contributed by atoms with Crippen molar-refractivity contribution in [3.8, 4) is 0 Å². The van der Waals surface area contributed by atoms with E-state index in [0.29, 0.717) is 6.54 Å². The molecule has 0 bridgehead atoms. The molecule has 0 aliphatic carbocycles. The fraction of sp³-hybridized carbons (Fsp3) is 0.417. The quantitative estimate of drug-likeness (QED) is 0.789. The Morgan fingerprint density at radius 3 is 2.76 bits per heavy atom. The molecule has 0 spiro atoms. The number of hydrogen-bond acceptors (Lipinski definition) is 6. The molecule has 21 heavy (non-hydrogen) atoms. The van der Waals surface area contributed by atoms with Crippen LogP contribution in [0.1, 0.15) is 29.6 Å². The van der Waals surface area contributed by atoms with E-state index in [4.69, 9.17) is 4.52 Å². The number of carboxylic acid groups (broad SMARTS) is 1. The van der Waals surface area contributed by atoms with Gasteiger partial charge in [-0.05, 0) is 13.8 Å². The summed E-state index contributed by atoms with van der Waals surface area (Å²) in [6.45, 7) is 3.72. The predicted molar refractivity (Wildman–Crippen MR) is 71.1 cm³/mol. The molecule has 0 saturated carbocycles. The van der Waals surface area contributed by atoms with Crippen LogP contribution in [0.15, 0.2) is 9.32 Å². The average Bonchev–Trinajstić information content (AvgIpc) is 2.81. The molecule has 2 N–H and O–H groups in total. The average molecular weight is 294 g/mol. The van der Waals surface area contributed by atoms with Crippen molar-refractivity contribution < 1.29 is 19.2 Å². The minimum absolute atomic E-state index is 0.0160. The van der Waals surface area contributed by atoms with E-state index < -0.39 is 11.5 Å². The second-order valence-electron chi connectivity index (χ2n) is 4.35. The molecular weight excluding hydrogens is 280 g/mol. The number of hydrogen-bond donors (Lipinski definition) is 2. The molecule has 2 heterocycles. The lowest BCUT2D eigenvalue weighted by Crippen LogP contribution is -2.30. The van der Waals surface area contributed by atoms with Crippen LogP contribution in [0.5, 0.6) is 0 Å². The zero-order valence-electron chi connectivity index (χ0n) is 11.5. The van der Waals surface area contributed by atoms with Crippen molar-refractivity contribution in [1.82, 2.24) is 20.3 Å². The van der Waals surface area contributed by atoms with Crippen molar-refractivity contribution in [2.24, 2.45) is 0 Å². The molecule has 0 radical (unpaired) electrons. The second kappa shape index (κ2) is 5.73. The van der Waals surface area contributed by atoms with Crippen molar-refractivity contribution in [2.45, 2.75) is 26.8 Å². The third-order valence-corrected chi connectivity index (χ3v) is 2.88. The van der Waals surface area contributed by atoms with Crippen LogP contribution in [-0.2, 0) is 11.3 Å². The Hall–Kier alpha value is -2.71. The topological polar surface area (TPSA) is 127 Å². The molecule has 9 nitrogen and oxygen atoms in total. The number of carbonyl (C=O) groups is 2. The number of nitrogens with one attached hydrogen (secondary N) is 1. The SMILES string of the molecule is CCNC(=O)CCn1nc(C(=O)O)c2c(C)onc2c1=O. The van der Waals surface area contributed by atoms with Crippen molar-refractivity contribution in [2.75, 3.05) is 6.54 Å². The molecule has 0 aliphatic heterocycles. The molecule has 0 atom stereocenters. The number of carboxylic acids is 1. The van der Waals surface area contributed by atoms with Gasteiger partial charge in [0.1, 0.15) is 5.76 Å². The van der Waals surface area contributed by atoms with Crippen LogP contribution in [0.25, 0.3) is 10.9 Å². The van der Waals surface area contributed by atoms with E-state index in [1.54, 1.807) is 6.92 Å². The Kier molecular flexibility index (Phi) is 4.01. The number of fused-ring (bicyclic) bond motifs is 1. The van der Waals surface area contributed by atoms with Gasteiger partial charge in [-0.25, -0.2) is 9.48 Å². The summed E-state index contributed by atoms with van der Waals surface area (Å²) in [7, 11) is 0. The van der Waals surface area contributed by atoms with Gasteiger partial charge in [0.25, 0.3) is 5.56 Å². The predicted octanol–water partition coefficient (Wildman–Crippen LogP) is -0.0827. The lowest BCUT2D eigenvalue weighted by Gasteiger charge is -2.06. The summed E-state index contributed by atoms with van der Waals surface area (Å²) >= 11 is 0. The lowest BCUT2D eigenvalue weighted by atomic mass is 10.2. The standard InChI is InChI=1S/C12H14N4O5/c1-3-13-7(17)4-5-16-11(18)9-8(6(2)21-15-9)10(14-16)12(19)20/h3-5H2,1-2H3,(H,13,17)(H,19,20). The molecule has 0 aromatic carbocycles. The van der Waals surface area contributed by atoms with E-state index in [-0.39, 0.29) is 41.2 Å². The molecule has 2 rings (SSSR count). The first-order valence-electron chi connectivity index (χ1n) is 6.32. The summed E-state index contributed by atoms with van der Waals surface area (Å²) in [6, 6.07) is 0. The molecule has 2 aromatic heterocycles. The Balaban J connectivity index is 2.46. The number of aromatic nitrogens is 3. The third kappa shape index (κ3) is 2.76. The fourth-order valence-electron chi connectivity index (χ4n) is 1.93. The van der Waals surface area contributed by atoms with Gasteiger partial charge >= 0.3 is 5.97 Å². The lowest BCUT2D eigenvalue weighted by molar-refractivity contribution is -0.121. The Labute approximate surface area is 118 Å². The highest BCUT2D eigenvalue weighted by atomic mass is 16.5. The van der Waals surface area contributed by atoms with Crippen LogP contribution in [-0.4, -0.2) is 38.5 Å². The summed E-state index contributed by atoms with van der Waals surface area (Å²) in [5, 5.41) is 19.2. The van der Waals surface area contributed by atoms with Gasteiger partial charge in [-0.2, -0.15) is 5.10 Å². The zero-order valence-corrected chi connectivity index (χ0v) is 11.5. The maximum absolute atomic E-state index is 12.1. The molecule has 9 heteroatoms. The zero-order chi connectivity index (χ0) is 15.6. The number of amides is 1. The Morgan fingerprint density at radius 1 is 1.43 bits per heavy atom. The van der Waals surface area contributed by atoms with Gasteiger partial charge in [0.2, 0.25) is 5.91 Å². The Bertz CT molecular complexity index is 761. The number of nitrogens with zero attached hydrogens (tertiary/aromatic N) is 3. The minimum Gasteiger partial charge on any atom is -0.476 e. The smallest absolute Gasteiger partial charge is 0.357 e. The second-order valence-corrected chi connectivity index (χ2v) is 4.35. The molecule has 0 aliphatic rings. The van der Waals surface area contributed by atoms with Gasteiger partial charge in [-0.15, -0.1) is 0 Å². The van der Waals surface area contributed by atoms with Crippen LogP contribution in [0.3, 0.4) is 0 Å². The maximum atomic E-state index is 12.1. The molecular formula is C12H14N4O5. The number of aryl methyl sites for hydroxylation is 2. The van der Waals surface area contributed by atoms with Gasteiger partial charge in [-0.3, -0.25) is 9.59 Å². The third-order valence-electron chi connectivity index (χ3n) is 2.88. The van der Waals surface area contributed by atoms with Crippen LogP contribution in [0.4, 0.5) is 0 Å². The highest BCUT2D eigenvalue weighted by Crippen LogP contribution is 2.17. The fourth-order valence-corrected chi connectivity index (χ4v) is 1.93. The molecule has 0 unspecified atom stereocenters. The summed E-state index contributed by atoms with van der Waals surface area (Å²) in [5.74, 6) is -1.33. The van der Waals surface area contributed by atoms with E-state index >= 15 is 0 Å². The molecule has 0 saturated heterocycles. The summed E-state index contributed by atoms with van der Waals surface area (Å²) in [4.78, 5) is 34.8. The first-order chi connectivity index (χ1) is 9.95. The Morgan fingerprint density at radius 2 is 2.14 bits per heavy atom. The largest absolute Gasteiger partial charge is 0.476 e. The van der Waals surface area contributed by atoms with E-state index in [1.165, 1.54) is 6.92 Å². The van der Waals surface area contributed by atoms with Gasteiger partial charge in [0, 0.05) is 13.0 Å². The first-order valence-corrected chi connectivity index (χ1v) is 6.32. The van der Waals surface area contributed by atoms with Gasteiger partial charge in [0.15, 0.2) is 11.2 Å². The van der Waals surface area contributed by atoms with Gasteiger partial charge in [-0.1, -0.05) is 5.16 Å². The van der Waals surface area contributed by atoms with Gasteiger partial charge < -0.3 is 14.9 Å². The summed E-state index contributed by atoms with van der Waals surface area (Å²) in [6.07, 6.45) is 0.0160. The normalized spacial score (nSPS) is 10.8. The maximum Gasteiger partial charge on any atom is 0.357 e. The van der Waals surface area contributed by atoms with Crippen LogP contribution < -0.4 is 10.9 Å². The number of carbonyl (C=O) groups excluding carboxylic acids is 1. The van der Waals surface area contributed by atoms with Crippen LogP contribution in [0, 0.1) is 6.92 Å². The molecule has 0 fully saturated rings. The van der Waals surface area contributed by atoms with Gasteiger partial charge in [0.05, 0.1) is 11.9 Å². The van der Waals surface area contributed by atoms with E-state index in [0.717, 1.165) is 4.68 Å². The van der Waals surface area contributed by atoms with Crippen LogP contribution in [0.2, 0.25) is 0 Å². The van der Waals surface area contributed by atoms with E-state index in [9.17, 15) is 19.5 Å². The number of rotatable bonds is 5.